The summed E-state index contributed by atoms with van der Waals surface area (Å²) in [6, 6.07) is 14.5. The van der Waals surface area contributed by atoms with Gasteiger partial charge in [-0.05, 0) is 87.0 Å². The summed E-state index contributed by atoms with van der Waals surface area (Å²) >= 11 is 0. The third-order valence-electron chi connectivity index (χ3n) is 7.62. The molecule has 1 saturated heterocycles. The minimum Gasteiger partial charge on any atom is -0.352 e. The second-order valence-electron chi connectivity index (χ2n) is 10.5. The van der Waals surface area contributed by atoms with E-state index in [0.29, 0.717) is 41.5 Å². The van der Waals surface area contributed by atoms with E-state index in [1.165, 1.54) is 18.3 Å². The molecule has 0 bridgehead atoms. The normalized spacial score (nSPS) is 15.9. The fourth-order valence-corrected chi connectivity index (χ4v) is 5.10. The van der Waals surface area contributed by atoms with Crippen molar-refractivity contribution >= 4 is 23.3 Å². The summed E-state index contributed by atoms with van der Waals surface area (Å²) < 4.78 is 13.9. The second-order valence-corrected chi connectivity index (χ2v) is 10.5. The van der Waals surface area contributed by atoms with Crippen molar-refractivity contribution in [3.05, 3.63) is 87.9 Å². The Morgan fingerprint density at radius 2 is 1.82 bits per heavy atom. The Bertz CT molecular complexity index is 1400. The number of benzene rings is 2. The molecule has 2 amide bonds. The van der Waals surface area contributed by atoms with Crippen molar-refractivity contribution in [1.29, 1.82) is 0 Å². The maximum absolute atomic E-state index is 13.9. The number of hydrogen-bond donors (Lipinski definition) is 2. The standard InChI is InChI=1S/C30H32FN5O4/c31-26-4-2-1-3-24(26)19-35-15-11-20(12-16-35)9-13-33-29(37)23-7-8-25(27(17-23)36(39)40)22-10-14-32-28(18-22)34-30(38)21-5-6-21/h1-4,7-8,10,14,17-18,20-21H,5-6,9,11-13,15-16,19H2,(H,33,37)(H,32,34,38). The SMILES string of the molecule is O=C(NCCC1CCN(Cc2ccccc2F)CC1)c1ccc(-c2ccnc(NC(=O)C3CC3)c2)c([N+](=O)[O-])c1. The highest BCUT2D eigenvalue weighted by Crippen LogP contribution is 2.33. The van der Waals surface area contributed by atoms with Crippen LogP contribution < -0.4 is 10.6 Å². The van der Waals surface area contributed by atoms with Gasteiger partial charge in [-0.2, -0.15) is 0 Å². The number of nitrogens with zero attached hydrogens (tertiary/aromatic N) is 3. The molecule has 40 heavy (non-hydrogen) atoms. The minimum absolute atomic E-state index is 0.0102. The first-order valence-electron chi connectivity index (χ1n) is 13.7. The lowest BCUT2D eigenvalue weighted by Crippen LogP contribution is -2.35. The van der Waals surface area contributed by atoms with Gasteiger partial charge in [-0.1, -0.05) is 18.2 Å². The summed E-state index contributed by atoms with van der Waals surface area (Å²) in [5, 5.41) is 17.5. The zero-order valence-electron chi connectivity index (χ0n) is 22.1. The minimum atomic E-state index is -0.510. The summed E-state index contributed by atoms with van der Waals surface area (Å²) in [6.07, 6.45) is 5.96. The molecule has 208 valence electrons. The van der Waals surface area contributed by atoms with Crippen LogP contribution in [0.5, 0.6) is 0 Å². The fourth-order valence-electron chi connectivity index (χ4n) is 5.10. The molecule has 2 N–H and O–H groups in total. The van der Waals surface area contributed by atoms with E-state index >= 15 is 0 Å². The Morgan fingerprint density at radius 1 is 1.05 bits per heavy atom. The zero-order valence-corrected chi connectivity index (χ0v) is 22.1. The summed E-state index contributed by atoms with van der Waals surface area (Å²) in [5.74, 6) is 0.163. The number of piperidine rings is 1. The summed E-state index contributed by atoms with van der Waals surface area (Å²) in [5.41, 5.74) is 1.60. The van der Waals surface area contributed by atoms with Crippen molar-refractivity contribution in [2.24, 2.45) is 11.8 Å². The van der Waals surface area contributed by atoms with Gasteiger partial charge in [0.1, 0.15) is 11.6 Å². The van der Waals surface area contributed by atoms with E-state index in [0.717, 1.165) is 45.2 Å². The zero-order chi connectivity index (χ0) is 28.1. The van der Waals surface area contributed by atoms with Gasteiger partial charge in [0.25, 0.3) is 11.6 Å². The number of amides is 2. The topological polar surface area (TPSA) is 117 Å². The highest BCUT2D eigenvalue weighted by atomic mass is 19.1. The molecular weight excluding hydrogens is 513 g/mol. The van der Waals surface area contributed by atoms with Crippen LogP contribution >= 0.6 is 0 Å². The second kappa shape index (κ2) is 12.3. The number of nitrogens with one attached hydrogen (secondary N) is 2. The van der Waals surface area contributed by atoms with Crippen LogP contribution in [0.2, 0.25) is 0 Å². The number of likely N-dealkylation sites (tertiary alicyclic amines) is 1. The lowest BCUT2D eigenvalue weighted by Gasteiger charge is -2.32. The number of rotatable bonds is 10. The molecule has 10 heteroatoms. The summed E-state index contributed by atoms with van der Waals surface area (Å²) in [4.78, 5) is 42.7. The predicted octanol–water partition coefficient (Wildman–Crippen LogP) is 5.18. The predicted molar refractivity (Wildman–Crippen MR) is 149 cm³/mol. The van der Waals surface area contributed by atoms with Gasteiger partial charge in [-0.15, -0.1) is 0 Å². The maximum Gasteiger partial charge on any atom is 0.277 e. The Morgan fingerprint density at radius 3 is 2.55 bits per heavy atom. The van der Waals surface area contributed by atoms with Crippen molar-refractivity contribution in [1.82, 2.24) is 15.2 Å². The van der Waals surface area contributed by atoms with Crippen LogP contribution in [0, 0.1) is 27.8 Å². The first-order valence-corrected chi connectivity index (χ1v) is 13.7. The number of aromatic nitrogens is 1. The lowest BCUT2D eigenvalue weighted by atomic mass is 9.93. The van der Waals surface area contributed by atoms with Crippen LogP contribution in [0.4, 0.5) is 15.9 Å². The van der Waals surface area contributed by atoms with E-state index in [9.17, 15) is 24.1 Å². The highest BCUT2D eigenvalue weighted by Gasteiger charge is 2.30. The van der Waals surface area contributed by atoms with Gasteiger partial charge in [0.05, 0.1) is 10.5 Å². The van der Waals surface area contributed by atoms with E-state index in [4.69, 9.17) is 0 Å². The molecule has 2 aromatic carbocycles. The molecule has 1 aliphatic heterocycles. The average molecular weight is 546 g/mol. The Labute approximate surface area is 231 Å². The smallest absolute Gasteiger partial charge is 0.277 e. The van der Waals surface area contributed by atoms with Crippen molar-refractivity contribution in [3.63, 3.8) is 0 Å². The molecule has 1 saturated carbocycles. The first-order chi connectivity index (χ1) is 19.4. The molecule has 5 rings (SSSR count). The van der Waals surface area contributed by atoms with Gasteiger partial charge in [0.15, 0.2) is 0 Å². The number of nitro benzene ring substituents is 1. The van der Waals surface area contributed by atoms with Crippen LogP contribution in [0.1, 0.15) is 48.0 Å². The molecule has 0 radical (unpaired) electrons. The number of halogens is 1. The van der Waals surface area contributed by atoms with Gasteiger partial charge in [0.2, 0.25) is 5.91 Å². The number of carbonyl (C=O) groups excluding carboxylic acids is 2. The average Bonchev–Trinajstić information content (AvgIpc) is 3.81. The van der Waals surface area contributed by atoms with Gasteiger partial charge >= 0.3 is 0 Å². The molecule has 1 aromatic heterocycles. The van der Waals surface area contributed by atoms with Gasteiger partial charge in [-0.3, -0.25) is 24.6 Å². The van der Waals surface area contributed by atoms with Gasteiger partial charge < -0.3 is 10.6 Å². The summed E-state index contributed by atoms with van der Waals surface area (Å²) in [6.45, 7) is 2.82. The molecule has 0 unspecified atom stereocenters. The van der Waals surface area contributed by atoms with Crippen LogP contribution in [0.3, 0.4) is 0 Å². The number of nitro groups is 1. The van der Waals surface area contributed by atoms with Crippen molar-refractivity contribution < 1.29 is 18.9 Å². The first kappa shape index (κ1) is 27.4. The van der Waals surface area contributed by atoms with Gasteiger partial charge in [0, 0.05) is 42.4 Å². The van der Waals surface area contributed by atoms with Crippen molar-refractivity contribution in [2.75, 3.05) is 25.0 Å². The Kier molecular flexibility index (Phi) is 8.45. The molecule has 1 aliphatic carbocycles. The molecular formula is C30H32FN5O4. The number of pyridine rings is 1. The molecule has 3 aromatic rings. The van der Waals surface area contributed by atoms with E-state index < -0.39 is 4.92 Å². The number of carbonyl (C=O) groups is 2. The summed E-state index contributed by atoms with van der Waals surface area (Å²) in [7, 11) is 0. The number of anilines is 1. The molecule has 9 nitrogen and oxygen atoms in total. The van der Waals surface area contributed by atoms with Crippen LogP contribution in [0.25, 0.3) is 11.1 Å². The molecule has 2 heterocycles. The van der Waals surface area contributed by atoms with Crippen molar-refractivity contribution in [2.45, 2.75) is 38.6 Å². The van der Waals surface area contributed by atoms with Crippen LogP contribution in [-0.4, -0.2) is 46.3 Å². The van der Waals surface area contributed by atoms with Crippen LogP contribution in [0.15, 0.2) is 60.8 Å². The monoisotopic (exact) mass is 545 g/mol. The van der Waals surface area contributed by atoms with Gasteiger partial charge in [-0.25, -0.2) is 9.37 Å². The Hall–Kier alpha value is -4.18. The highest BCUT2D eigenvalue weighted by molar-refractivity contribution is 5.96. The Balaban J connectivity index is 1.14. The van der Waals surface area contributed by atoms with E-state index in [1.54, 1.807) is 30.3 Å². The maximum atomic E-state index is 13.9. The molecule has 0 spiro atoms. The molecule has 0 atom stereocenters. The third kappa shape index (κ3) is 6.87. The van der Waals surface area contributed by atoms with E-state index in [1.807, 2.05) is 12.1 Å². The largest absolute Gasteiger partial charge is 0.352 e. The van der Waals surface area contributed by atoms with Crippen molar-refractivity contribution in [3.8, 4) is 11.1 Å². The van der Waals surface area contributed by atoms with Crippen LogP contribution in [-0.2, 0) is 11.3 Å². The fraction of sp³-hybridized carbons (Fsp3) is 0.367. The lowest BCUT2D eigenvalue weighted by molar-refractivity contribution is -0.384. The quantitative estimate of drug-likeness (QED) is 0.268. The van der Waals surface area contributed by atoms with E-state index in [2.05, 4.69) is 20.5 Å². The molecule has 2 fully saturated rings. The molecule has 2 aliphatic rings. The third-order valence-corrected chi connectivity index (χ3v) is 7.62. The van der Waals surface area contributed by atoms with E-state index in [-0.39, 0.29) is 34.8 Å². The number of hydrogen-bond acceptors (Lipinski definition) is 6.